The van der Waals surface area contributed by atoms with Crippen LogP contribution in [0, 0.1) is 22.7 Å². The van der Waals surface area contributed by atoms with Crippen LogP contribution in [0.25, 0.3) is 0 Å². The Hall–Kier alpha value is -1.08. The van der Waals surface area contributed by atoms with Crippen molar-refractivity contribution in [2.24, 2.45) is 11.3 Å². The molecule has 0 spiro atoms. The number of carbonyl (C=O) groups excluding carboxylic acids is 1. The van der Waals surface area contributed by atoms with Gasteiger partial charge in [0, 0.05) is 12.6 Å². The Balaban J connectivity index is 2.59. The first kappa shape index (κ1) is 15.0. The van der Waals surface area contributed by atoms with E-state index in [4.69, 9.17) is 5.26 Å². The molecule has 1 N–H and O–H groups in total. The number of hydrogen-bond donors (Lipinski definition) is 1. The lowest BCUT2D eigenvalue weighted by Crippen LogP contribution is -2.51. The van der Waals surface area contributed by atoms with Crippen LogP contribution < -0.4 is 5.32 Å². The van der Waals surface area contributed by atoms with Gasteiger partial charge in [0.15, 0.2) is 0 Å². The van der Waals surface area contributed by atoms with Crippen LogP contribution in [-0.4, -0.2) is 37.5 Å². The Kier molecular flexibility index (Phi) is 5.15. The van der Waals surface area contributed by atoms with E-state index >= 15 is 0 Å². The molecule has 18 heavy (non-hydrogen) atoms. The van der Waals surface area contributed by atoms with Gasteiger partial charge in [-0.3, -0.25) is 4.79 Å². The van der Waals surface area contributed by atoms with Crippen molar-refractivity contribution in [1.82, 2.24) is 10.2 Å². The van der Waals surface area contributed by atoms with Crippen molar-refractivity contribution < 1.29 is 4.79 Å². The quantitative estimate of drug-likeness (QED) is 0.783. The van der Waals surface area contributed by atoms with E-state index in [0.717, 1.165) is 19.4 Å². The van der Waals surface area contributed by atoms with Gasteiger partial charge in [-0.25, -0.2) is 0 Å². The largest absolute Gasteiger partial charge is 0.351 e. The van der Waals surface area contributed by atoms with Gasteiger partial charge < -0.3 is 10.2 Å². The highest BCUT2D eigenvalue weighted by Gasteiger charge is 2.45. The lowest BCUT2D eigenvalue weighted by atomic mass is 9.69. The highest BCUT2D eigenvalue weighted by molar-refractivity contribution is 5.86. The van der Waals surface area contributed by atoms with Crippen LogP contribution >= 0.6 is 0 Å². The third-order valence-corrected chi connectivity index (χ3v) is 3.53. The van der Waals surface area contributed by atoms with Gasteiger partial charge in [0.2, 0.25) is 5.91 Å². The monoisotopic (exact) mass is 251 g/mol. The first-order chi connectivity index (χ1) is 8.39. The van der Waals surface area contributed by atoms with Gasteiger partial charge in [0.25, 0.3) is 0 Å². The zero-order valence-electron chi connectivity index (χ0n) is 12.0. The zero-order chi connectivity index (χ0) is 13.8. The first-order valence-corrected chi connectivity index (χ1v) is 6.76. The summed E-state index contributed by atoms with van der Waals surface area (Å²) in [5.74, 6) is 0.471. The van der Waals surface area contributed by atoms with Crippen LogP contribution in [-0.2, 0) is 4.79 Å². The molecule has 1 atom stereocenters. The smallest absolute Gasteiger partial charge is 0.240 e. The number of carbonyl (C=O) groups is 1. The summed E-state index contributed by atoms with van der Waals surface area (Å²) >= 11 is 0. The maximum atomic E-state index is 12.2. The molecule has 0 radical (unpaired) electrons. The Labute approximate surface area is 110 Å². The van der Waals surface area contributed by atoms with Crippen molar-refractivity contribution in [3.63, 3.8) is 0 Å². The summed E-state index contributed by atoms with van der Waals surface area (Å²) in [6.45, 7) is 5.13. The fourth-order valence-corrected chi connectivity index (χ4v) is 2.43. The van der Waals surface area contributed by atoms with Crippen LogP contribution in [0.2, 0.25) is 0 Å². The fourth-order valence-electron chi connectivity index (χ4n) is 2.43. The molecular formula is C14H25N3O. The fraction of sp³-hybridized carbons (Fsp3) is 0.857. The van der Waals surface area contributed by atoms with E-state index in [0.29, 0.717) is 18.8 Å². The van der Waals surface area contributed by atoms with Crippen molar-refractivity contribution in [3.05, 3.63) is 0 Å². The Morgan fingerprint density at radius 1 is 1.44 bits per heavy atom. The second-order valence-electron chi connectivity index (χ2n) is 6.11. The average molecular weight is 251 g/mol. The summed E-state index contributed by atoms with van der Waals surface area (Å²) in [6.07, 6.45) is 3.37. The minimum atomic E-state index is -0.735. The van der Waals surface area contributed by atoms with E-state index in [9.17, 15) is 4.79 Å². The number of nitrogens with one attached hydrogen (secondary N) is 1. The first-order valence-electron chi connectivity index (χ1n) is 6.76. The number of amides is 1. The normalized spacial score (nSPS) is 19.2. The molecule has 0 aromatic heterocycles. The molecule has 1 rings (SSSR count). The van der Waals surface area contributed by atoms with Crippen molar-refractivity contribution in [2.45, 2.75) is 45.6 Å². The van der Waals surface area contributed by atoms with Crippen molar-refractivity contribution >= 4 is 5.91 Å². The summed E-state index contributed by atoms with van der Waals surface area (Å²) in [5.41, 5.74) is -0.735. The summed E-state index contributed by atoms with van der Waals surface area (Å²) in [7, 11) is 4.01. The molecule has 0 saturated heterocycles. The minimum Gasteiger partial charge on any atom is -0.351 e. The van der Waals surface area contributed by atoms with Crippen LogP contribution in [0.15, 0.2) is 0 Å². The minimum absolute atomic E-state index is 0.0660. The number of hydrogen-bond acceptors (Lipinski definition) is 3. The summed E-state index contributed by atoms with van der Waals surface area (Å²) in [6, 6.07) is 2.34. The van der Waals surface area contributed by atoms with E-state index in [-0.39, 0.29) is 11.9 Å². The molecule has 0 aromatic rings. The van der Waals surface area contributed by atoms with E-state index in [2.05, 4.69) is 30.1 Å². The van der Waals surface area contributed by atoms with Crippen LogP contribution in [0.1, 0.15) is 39.5 Å². The van der Waals surface area contributed by atoms with E-state index in [1.807, 2.05) is 14.1 Å². The van der Waals surface area contributed by atoms with Gasteiger partial charge in [-0.15, -0.1) is 0 Å². The predicted octanol–water partition coefficient (Wildman–Crippen LogP) is 1.77. The Morgan fingerprint density at radius 2 is 2.06 bits per heavy atom. The maximum Gasteiger partial charge on any atom is 0.240 e. The molecule has 1 amide bonds. The van der Waals surface area contributed by atoms with Gasteiger partial charge in [-0.05, 0) is 45.7 Å². The second-order valence-corrected chi connectivity index (χ2v) is 6.11. The Morgan fingerprint density at radius 3 is 2.39 bits per heavy atom. The van der Waals surface area contributed by atoms with Crippen molar-refractivity contribution in [3.8, 4) is 6.07 Å². The molecule has 4 heteroatoms. The second kappa shape index (κ2) is 6.19. The lowest BCUT2D eigenvalue weighted by Gasteiger charge is -2.35. The van der Waals surface area contributed by atoms with Crippen LogP contribution in [0.5, 0.6) is 0 Å². The number of nitriles is 1. The zero-order valence-corrected chi connectivity index (χ0v) is 12.0. The van der Waals surface area contributed by atoms with Gasteiger partial charge in [-0.1, -0.05) is 13.8 Å². The summed E-state index contributed by atoms with van der Waals surface area (Å²) in [4.78, 5) is 14.3. The number of rotatable bonds is 6. The van der Waals surface area contributed by atoms with E-state index in [1.54, 1.807) is 0 Å². The topological polar surface area (TPSA) is 56.1 Å². The van der Waals surface area contributed by atoms with Gasteiger partial charge in [0.05, 0.1) is 6.07 Å². The molecule has 0 aromatic carbocycles. The van der Waals surface area contributed by atoms with Gasteiger partial charge in [-0.2, -0.15) is 5.26 Å². The van der Waals surface area contributed by atoms with Gasteiger partial charge in [0.1, 0.15) is 5.41 Å². The molecule has 1 aliphatic rings. The molecule has 1 unspecified atom stereocenters. The number of nitrogens with zero attached hydrogens (tertiary/aromatic N) is 2. The standard InChI is InChI=1S/C14H25N3O/c1-11(2)8-12(9-17(3)4)16-13(18)14(10-15)6-5-7-14/h11-12H,5-9H2,1-4H3,(H,16,18). The molecular weight excluding hydrogens is 226 g/mol. The van der Waals surface area contributed by atoms with Gasteiger partial charge >= 0.3 is 0 Å². The molecule has 0 aliphatic heterocycles. The van der Waals surface area contributed by atoms with E-state index < -0.39 is 5.41 Å². The molecule has 1 fully saturated rings. The molecule has 1 saturated carbocycles. The molecule has 0 heterocycles. The molecule has 102 valence electrons. The lowest BCUT2D eigenvalue weighted by molar-refractivity contribution is -0.132. The predicted molar refractivity (Wildman–Crippen MR) is 71.8 cm³/mol. The van der Waals surface area contributed by atoms with E-state index in [1.165, 1.54) is 0 Å². The van der Waals surface area contributed by atoms with Crippen molar-refractivity contribution in [1.29, 1.82) is 5.26 Å². The highest BCUT2D eigenvalue weighted by Crippen LogP contribution is 2.40. The third kappa shape index (κ3) is 3.71. The summed E-state index contributed by atoms with van der Waals surface area (Å²) in [5, 5.41) is 12.2. The number of likely N-dealkylation sites (N-methyl/N-ethyl adjacent to an activating group) is 1. The average Bonchev–Trinajstić information content (AvgIpc) is 2.13. The molecule has 4 nitrogen and oxygen atoms in total. The van der Waals surface area contributed by atoms with Crippen LogP contribution in [0.3, 0.4) is 0 Å². The Bertz CT molecular complexity index is 316. The molecule has 0 bridgehead atoms. The summed E-state index contributed by atoms with van der Waals surface area (Å²) < 4.78 is 0. The van der Waals surface area contributed by atoms with Crippen molar-refractivity contribution in [2.75, 3.05) is 20.6 Å². The SMILES string of the molecule is CC(C)CC(CN(C)C)NC(=O)C1(C#N)CCC1. The molecule has 1 aliphatic carbocycles. The third-order valence-electron chi connectivity index (χ3n) is 3.53. The maximum absolute atomic E-state index is 12.2. The highest BCUT2D eigenvalue weighted by atomic mass is 16.2. The van der Waals surface area contributed by atoms with Crippen LogP contribution in [0.4, 0.5) is 0 Å².